The number of halogens is 1. The molecule has 0 radical (unpaired) electrons. The molecule has 0 fully saturated rings. The van der Waals surface area contributed by atoms with E-state index >= 15 is 0 Å². The Bertz CT molecular complexity index is 432. The molecule has 6 heteroatoms. The summed E-state index contributed by atoms with van der Waals surface area (Å²) >= 11 is 5.65. The second kappa shape index (κ2) is 4.71. The van der Waals surface area contributed by atoms with E-state index in [4.69, 9.17) is 16.9 Å². The van der Waals surface area contributed by atoms with Crippen LogP contribution in [0.15, 0.2) is 22.7 Å². The minimum Gasteiger partial charge on any atom is -0.343 e. The minimum absolute atomic E-state index is 0.207. The van der Waals surface area contributed by atoms with Gasteiger partial charge in [0.05, 0.1) is 0 Å². The van der Waals surface area contributed by atoms with Crippen LogP contribution < -0.4 is 0 Å². The molecule has 0 aliphatic heterocycles. The zero-order chi connectivity index (χ0) is 11.5. The Morgan fingerprint density at radius 3 is 2.80 bits per heavy atom. The van der Waals surface area contributed by atoms with Gasteiger partial charge in [0.1, 0.15) is 5.15 Å². The van der Waals surface area contributed by atoms with E-state index in [2.05, 4.69) is 9.35 Å². The fourth-order valence-corrected chi connectivity index (χ4v) is 2.28. The Morgan fingerprint density at radius 2 is 2.33 bits per heavy atom. The van der Waals surface area contributed by atoms with Gasteiger partial charge in [-0.15, -0.1) is 4.36 Å². The quantitative estimate of drug-likeness (QED) is 0.478. The lowest BCUT2D eigenvalue weighted by molar-refractivity contribution is 0.621. The van der Waals surface area contributed by atoms with Crippen molar-refractivity contribution in [1.82, 2.24) is 4.98 Å². The van der Waals surface area contributed by atoms with Crippen LogP contribution in [0.4, 0.5) is 0 Å². The van der Waals surface area contributed by atoms with Crippen LogP contribution in [0, 0.1) is 11.5 Å². The number of hydrogen-bond acceptors (Lipinski definition) is 3. The van der Waals surface area contributed by atoms with Crippen LogP contribution in [-0.4, -0.2) is 15.8 Å². The van der Waals surface area contributed by atoms with Crippen LogP contribution in [0.2, 0.25) is 5.15 Å². The van der Waals surface area contributed by atoms with Crippen molar-refractivity contribution in [3.63, 3.8) is 0 Å². The van der Waals surface area contributed by atoms with Crippen molar-refractivity contribution in [2.45, 2.75) is 12.2 Å². The molecule has 1 N–H and O–H groups in total. The molecule has 1 unspecified atom stereocenters. The fraction of sp³-hybridized carbons (Fsp3) is 0.333. The molecule has 15 heavy (non-hydrogen) atoms. The average Bonchev–Trinajstić information content (AvgIpc) is 2.18. The maximum absolute atomic E-state index is 9.97. The first-order valence-corrected chi connectivity index (χ1v) is 6.88. The Kier molecular flexibility index (Phi) is 3.80. The number of nitriles is 1. The first-order chi connectivity index (χ1) is 6.97. The summed E-state index contributed by atoms with van der Waals surface area (Å²) in [6.07, 6.45) is 4.83. The first-order valence-electron chi connectivity index (χ1n) is 4.29. The van der Waals surface area contributed by atoms with Crippen molar-refractivity contribution in [1.29, 1.82) is 5.26 Å². The largest absolute Gasteiger partial charge is 0.343 e. The normalized spacial score (nSPS) is 14.1. The second-order valence-electron chi connectivity index (χ2n) is 3.27. The van der Waals surface area contributed by atoms with Gasteiger partial charge in [-0.2, -0.15) is 5.26 Å². The van der Waals surface area contributed by atoms with Crippen molar-refractivity contribution in [3.05, 3.63) is 29.0 Å². The molecule has 4 nitrogen and oxygen atoms in total. The Hall–Kier alpha value is -0.960. The molecule has 1 atom stereocenters. The van der Waals surface area contributed by atoms with Gasteiger partial charge in [-0.25, -0.2) is 4.98 Å². The predicted molar refractivity (Wildman–Crippen MR) is 63.0 cm³/mol. The molecule has 0 saturated carbocycles. The Balaban J connectivity index is 3.06. The van der Waals surface area contributed by atoms with Gasteiger partial charge in [0.25, 0.3) is 0 Å². The van der Waals surface area contributed by atoms with E-state index in [1.807, 2.05) is 6.92 Å². The van der Waals surface area contributed by atoms with Crippen molar-refractivity contribution >= 4 is 21.7 Å². The standard InChI is InChI=1S/C9H12ClN3OS/c1-7(15(2,14)13-6-11)8-3-4-9(10)12-5-8/h3-5,7,15H,1-2H3,(H,13,14). The molecule has 0 aliphatic rings. The maximum atomic E-state index is 9.97. The van der Waals surface area contributed by atoms with Gasteiger partial charge in [-0.3, -0.25) is 0 Å². The molecule has 1 heterocycles. The zero-order valence-corrected chi connectivity index (χ0v) is 10.1. The smallest absolute Gasteiger partial charge is 0.212 e. The third kappa shape index (κ3) is 2.99. The summed E-state index contributed by atoms with van der Waals surface area (Å²) in [5.41, 5.74) is 0.830. The molecule has 0 aliphatic carbocycles. The zero-order valence-electron chi connectivity index (χ0n) is 8.42. The van der Waals surface area contributed by atoms with Crippen LogP contribution in [-0.2, 0) is 10.1 Å². The van der Waals surface area contributed by atoms with E-state index in [1.165, 1.54) is 0 Å². The SMILES string of the molecule is CC(c1ccc(Cl)nc1)[SH](C)(O)=NC#N. The van der Waals surface area contributed by atoms with E-state index in [9.17, 15) is 4.55 Å². The maximum Gasteiger partial charge on any atom is 0.212 e. The summed E-state index contributed by atoms with van der Waals surface area (Å²) in [7, 11) is -2.59. The van der Waals surface area contributed by atoms with Crippen molar-refractivity contribution < 1.29 is 4.55 Å². The highest BCUT2D eigenvalue weighted by atomic mass is 35.5. The highest BCUT2D eigenvalue weighted by Crippen LogP contribution is 2.26. The fourth-order valence-electron chi connectivity index (χ4n) is 1.09. The highest BCUT2D eigenvalue weighted by molar-refractivity contribution is 7.99. The minimum atomic E-state index is -2.59. The second-order valence-corrected chi connectivity index (χ2v) is 6.59. The van der Waals surface area contributed by atoms with Gasteiger partial charge in [0, 0.05) is 11.4 Å². The van der Waals surface area contributed by atoms with Crippen LogP contribution in [0.3, 0.4) is 0 Å². The summed E-state index contributed by atoms with van der Waals surface area (Å²) in [5.74, 6) is 0. The van der Waals surface area contributed by atoms with E-state index in [0.29, 0.717) is 5.15 Å². The highest BCUT2D eigenvalue weighted by Gasteiger charge is 2.15. The number of rotatable bonds is 2. The summed E-state index contributed by atoms with van der Waals surface area (Å²) in [6, 6.07) is 3.43. The monoisotopic (exact) mass is 245 g/mol. The molecule has 1 rings (SSSR count). The van der Waals surface area contributed by atoms with Gasteiger partial charge in [-0.1, -0.05) is 27.8 Å². The molecule has 1 aromatic heterocycles. The summed E-state index contributed by atoms with van der Waals surface area (Å²) < 4.78 is 13.5. The van der Waals surface area contributed by atoms with E-state index in [0.717, 1.165) is 5.56 Å². The third-order valence-electron chi connectivity index (χ3n) is 2.21. The average molecular weight is 246 g/mol. The van der Waals surface area contributed by atoms with Crippen molar-refractivity contribution in [2.75, 3.05) is 6.26 Å². The summed E-state index contributed by atoms with van der Waals surface area (Å²) in [6.45, 7) is 1.82. The lowest BCUT2D eigenvalue weighted by atomic mass is 10.2. The molecule has 82 valence electrons. The molecular formula is C9H12ClN3OS. The Labute approximate surface area is 94.8 Å². The van der Waals surface area contributed by atoms with Gasteiger partial charge < -0.3 is 4.55 Å². The molecule has 0 bridgehead atoms. The van der Waals surface area contributed by atoms with Crippen LogP contribution in [0.25, 0.3) is 0 Å². The van der Waals surface area contributed by atoms with Gasteiger partial charge >= 0.3 is 0 Å². The lowest BCUT2D eigenvalue weighted by Gasteiger charge is -2.24. The number of hydrogen-bond donors (Lipinski definition) is 2. The van der Waals surface area contributed by atoms with Gasteiger partial charge in [-0.05, 0) is 24.8 Å². The molecule has 0 saturated heterocycles. The molecule has 1 aromatic rings. The van der Waals surface area contributed by atoms with Crippen LogP contribution in [0.1, 0.15) is 17.7 Å². The van der Waals surface area contributed by atoms with Crippen molar-refractivity contribution in [3.8, 4) is 6.19 Å². The van der Waals surface area contributed by atoms with E-state index in [-0.39, 0.29) is 5.25 Å². The molecule has 0 aromatic carbocycles. The topological polar surface area (TPSA) is 69.3 Å². The Morgan fingerprint density at radius 1 is 1.67 bits per heavy atom. The first kappa shape index (κ1) is 12.1. The van der Waals surface area contributed by atoms with Gasteiger partial charge in [0.15, 0.2) is 0 Å². The predicted octanol–water partition coefficient (Wildman–Crippen LogP) is 2.45. The van der Waals surface area contributed by atoms with Gasteiger partial charge in [0.2, 0.25) is 6.19 Å². The lowest BCUT2D eigenvalue weighted by Crippen LogP contribution is -2.15. The van der Waals surface area contributed by atoms with E-state index < -0.39 is 10.1 Å². The number of pyridine rings is 1. The molecule has 0 amide bonds. The van der Waals surface area contributed by atoms with E-state index in [1.54, 1.807) is 30.8 Å². The summed E-state index contributed by atoms with van der Waals surface area (Å²) in [4.78, 5) is 3.92. The number of aromatic nitrogens is 1. The van der Waals surface area contributed by atoms with Crippen molar-refractivity contribution in [2.24, 2.45) is 4.36 Å². The number of nitrogens with zero attached hydrogens (tertiary/aromatic N) is 3. The van der Waals surface area contributed by atoms with Crippen LogP contribution in [0.5, 0.6) is 0 Å². The number of thiol groups is 1. The van der Waals surface area contributed by atoms with Crippen LogP contribution >= 0.6 is 11.6 Å². The third-order valence-corrected chi connectivity index (χ3v) is 4.70. The molecule has 0 spiro atoms. The molecular weight excluding hydrogens is 234 g/mol. The summed E-state index contributed by atoms with van der Waals surface area (Å²) in [5, 5.41) is 8.65.